The highest BCUT2D eigenvalue weighted by atomic mass is 16.5. The number of aryl methyl sites for hydroxylation is 1. The topological polar surface area (TPSA) is 67.6 Å². The van der Waals surface area contributed by atoms with E-state index in [-0.39, 0.29) is 5.91 Å². The zero-order valence-corrected chi connectivity index (χ0v) is 10.1. The lowest BCUT2D eigenvalue weighted by atomic mass is 10.1. The summed E-state index contributed by atoms with van der Waals surface area (Å²) in [7, 11) is 3.26. The fourth-order valence-electron chi connectivity index (χ4n) is 2.05. The van der Waals surface area contributed by atoms with Gasteiger partial charge in [-0.05, 0) is 12.8 Å². The Morgan fingerprint density at radius 3 is 3.00 bits per heavy atom. The molecule has 0 bridgehead atoms. The molecule has 1 fully saturated rings. The van der Waals surface area contributed by atoms with E-state index in [0.717, 1.165) is 12.8 Å². The zero-order valence-electron chi connectivity index (χ0n) is 10.1. The molecule has 6 heteroatoms. The largest absolute Gasteiger partial charge is 0.481 e. The number of aromatic nitrogens is 2. The van der Waals surface area contributed by atoms with Crippen molar-refractivity contribution in [2.24, 2.45) is 7.05 Å². The summed E-state index contributed by atoms with van der Waals surface area (Å²) in [5.74, 6) is 0.397. The molecule has 1 unspecified atom stereocenters. The number of nitrogens with zero attached hydrogens (tertiary/aromatic N) is 3. The number of hydrogen-bond acceptors (Lipinski definition) is 4. The molecule has 1 aliphatic rings. The van der Waals surface area contributed by atoms with Crippen LogP contribution in [0.3, 0.4) is 0 Å². The Bertz CT molecular complexity index is 416. The van der Waals surface area contributed by atoms with Crippen molar-refractivity contribution in [3.8, 4) is 5.88 Å². The first kappa shape index (κ1) is 11.9. The van der Waals surface area contributed by atoms with E-state index < -0.39 is 6.10 Å². The number of rotatable bonds is 2. The van der Waals surface area contributed by atoms with Crippen LogP contribution in [0.25, 0.3) is 0 Å². The van der Waals surface area contributed by atoms with Gasteiger partial charge < -0.3 is 14.7 Å². The number of β-amino-alcohol motifs (C(OH)–C–C–N with tert-alkyl or cyclic N) is 1. The standard InChI is InChI=1S/C11H17N3O3/c1-13-10(17-2)6-9(12-13)11(16)14-5-3-4-8(15)7-14/h6,8,15H,3-5,7H2,1-2H3. The van der Waals surface area contributed by atoms with Crippen LogP contribution in [0.5, 0.6) is 5.88 Å². The van der Waals surface area contributed by atoms with Crippen molar-refractivity contribution in [2.75, 3.05) is 20.2 Å². The van der Waals surface area contributed by atoms with Crippen LogP contribution in [0, 0.1) is 0 Å². The molecule has 94 valence electrons. The molecule has 2 rings (SSSR count). The summed E-state index contributed by atoms with van der Waals surface area (Å²) in [6, 6.07) is 1.61. The minimum Gasteiger partial charge on any atom is -0.481 e. The van der Waals surface area contributed by atoms with Crippen molar-refractivity contribution in [1.29, 1.82) is 0 Å². The van der Waals surface area contributed by atoms with Crippen molar-refractivity contribution >= 4 is 5.91 Å². The van der Waals surface area contributed by atoms with Crippen LogP contribution < -0.4 is 4.74 Å². The molecular weight excluding hydrogens is 222 g/mol. The molecule has 0 saturated carbocycles. The second-order valence-electron chi connectivity index (χ2n) is 4.24. The van der Waals surface area contributed by atoms with Crippen LogP contribution in [-0.2, 0) is 7.05 Å². The first-order chi connectivity index (χ1) is 8.11. The van der Waals surface area contributed by atoms with E-state index in [0.29, 0.717) is 24.7 Å². The molecule has 1 aromatic heterocycles. The molecule has 1 saturated heterocycles. The van der Waals surface area contributed by atoms with Crippen LogP contribution in [-0.4, -0.2) is 52.0 Å². The Morgan fingerprint density at radius 1 is 1.65 bits per heavy atom. The number of piperidine rings is 1. The maximum Gasteiger partial charge on any atom is 0.274 e. The van der Waals surface area contributed by atoms with Gasteiger partial charge in [0.15, 0.2) is 5.69 Å². The van der Waals surface area contributed by atoms with E-state index >= 15 is 0 Å². The molecule has 1 amide bonds. The summed E-state index contributed by atoms with van der Waals surface area (Å²) in [6.07, 6.45) is 1.17. The van der Waals surface area contributed by atoms with Gasteiger partial charge in [0.2, 0.25) is 5.88 Å². The third-order valence-electron chi connectivity index (χ3n) is 2.95. The quantitative estimate of drug-likeness (QED) is 0.790. The highest BCUT2D eigenvalue weighted by Crippen LogP contribution is 2.16. The van der Waals surface area contributed by atoms with E-state index in [2.05, 4.69) is 5.10 Å². The Labute approximate surface area is 99.8 Å². The monoisotopic (exact) mass is 239 g/mol. The van der Waals surface area contributed by atoms with Gasteiger partial charge >= 0.3 is 0 Å². The highest BCUT2D eigenvalue weighted by Gasteiger charge is 2.25. The van der Waals surface area contributed by atoms with Gasteiger partial charge in [0.1, 0.15) is 0 Å². The fraction of sp³-hybridized carbons (Fsp3) is 0.636. The second-order valence-corrected chi connectivity index (χ2v) is 4.24. The Kier molecular flexibility index (Phi) is 3.33. The third-order valence-corrected chi connectivity index (χ3v) is 2.95. The number of aliphatic hydroxyl groups is 1. The Balaban J connectivity index is 2.13. The lowest BCUT2D eigenvalue weighted by Gasteiger charge is -2.29. The molecule has 1 aliphatic heterocycles. The molecule has 2 heterocycles. The van der Waals surface area contributed by atoms with Crippen molar-refractivity contribution in [1.82, 2.24) is 14.7 Å². The molecule has 1 N–H and O–H groups in total. The van der Waals surface area contributed by atoms with Gasteiger partial charge in [0, 0.05) is 26.2 Å². The zero-order chi connectivity index (χ0) is 12.4. The van der Waals surface area contributed by atoms with Gasteiger partial charge in [-0.2, -0.15) is 5.10 Å². The van der Waals surface area contributed by atoms with Crippen molar-refractivity contribution in [3.05, 3.63) is 11.8 Å². The van der Waals surface area contributed by atoms with Crippen LogP contribution in [0.2, 0.25) is 0 Å². The molecule has 0 spiro atoms. The number of aliphatic hydroxyl groups excluding tert-OH is 1. The summed E-state index contributed by atoms with van der Waals surface area (Å²) in [6.45, 7) is 1.06. The van der Waals surface area contributed by atoms with Crippen LogP contribution in [0.15, 0.2) is 6.07 Å². The molecule has 1 aromatic rings. The van der Waals surface area contributed by atoms with E-state index in [4.69, 9.17) is 4.74 Å². The Morgan fingerprint density at radius 2 is 2.41 bits per heavy atom. The average Bonchev–Trinajstić information content (AvgIpc) is 2.69. The molecule has 1 atom stereocenters. The SMILES string of the molecule is COc1cc(C(=O)N2CCCC(O)C2)nn1C. The number of hydrogen-bond donors (Lipinski definition) is 1. The van der Waals surface area contributed by atoms with Crippen molar-refractivity contribution in [3.63, 3.8) is 0 Å². The van der Waals surface area contributed by atoms with Gasteiger partial charge in [0.25, 0.3) is 5.91 Å². The molecular formula is C11H17N3O3. The summed E-state index contributed by atoms with van der Waals surface area (Å²) in [5.41, 5.74) is 0.360. The average molecular weight is 239 g/mol. The lowest BCUT2D eigenvalue weighted by molar-refractivity contribution is 0.0468. The number of carbonyl (C=O) groups excluding carboxylic acids is 1. The van der Waals surface area contributed by atoms with E-state index in [1.54, 1.807) is 18.0 Å². The Hall–Kier alpha value is -1.56. The van der Waals surface area contributed by atoms with E-state index in [9.17, 15) is 9.90 Å². The van der Waals surface area contributed by atoms with E-state index in [1.807, 2.05) is 0 Å². The maximum atomic E-state index is 12.1. The van der Waals surface area contributed by atoms with Crippen LogP contribution in [0.4, 0.5) is 0 Å². The van der Waals surface area contributed by atoms with Crippen LogP contribution >= 0.6 is 0 Å². The minimum absolute atomic E-state index is 0.150. The number of ether oxygens (including phenoxy) is 1. The van der Waals surface area contributed by atoms with Crippen LogP contribution in [0.1, 0.15) is 23.3 Å². The molecule has 17 heavy (non-hydrogen) atoms. The van der Waals surface area contributed by atoms with Crippen molar-refractivity contribution < 1.29 is 14.6 Å². The third kappa shape index (κ3) is 2.41. The van der Waals surface area contributed by atoms with Gasteiger partial charge in [-0.1, -0.05) is 0 Å². The molecule has 0 aliphatic carbocycles. The van der Waals surface area contributed by atoms with Gasteiger partial charge in [0.05, 0.1) is 13.2 Å². The highest BCUT2D eigenvalue weighted by molar-refractivity contribution is 5.92. The summed E-state index contributed by atoms with van der Waals surface area (Å²) in [4.78, 5) is 13.7. The summed E-state index contributed by atoms with van der Waals surface area (Å²) in [5, 5.41) is 13.6. The van der Waals surface area contributed by atoms with Gasteiger partial charge in [-0.25, -0.2) is 4.68 Å². The van der Waals surface area contributed by atoms with Crippen molar-refractivity contribution in [2.45, 2.75) is 18.9 Å². The first-order valence-electron chi connectivity index (χ1n) is 5.67. The normalized spacial score (nSPS) is 20.4. The molecule has 0 radical (unpaired) electrons. The number of likely N-dealkylation sites (tertiary alicyclic amines) is 1. The van der Waals surface area contributed by atoms with E-state index in [1.165, 1.54) is 11.8 Å². The number of amides is 1. The second kappa shape index (κ2) is 4.75. The molecule has 0 aromatic carbocycles. The lowest BCUT2D eigenvalue weighted by Crippen LogP contribution is -2.42. The van der Waals surface area contributed by atoms with Gasteiger partial charge in [-0.3, -0.25) is 4.79 Å². The fourth-order valence-corrected chi connectivity index (χ4v) is 2.05. The maximum absolute atomic E-state index is 12.1. The predicted octanol–water partition coefficient (Wildman–Crippen LogP) is 0.0256. The first-order valence-corrected chi connectivity index (χ1v) is 5.67. The summed E-state index contributed by atoms with van der Waals surface area (Å²) >= 11 is 0. The molecule has 6 nitrogen and oxygen atoms in total. The summed E-state index contributed by atoms with van der Waals surface area (Å²) < 4.78 is 6.59. The number of methoxy groups -OCH3 is 1. The minimum atomic E-state index is -0.418. The smallest absolute Gasteiger partial charge is 0.274 e. The number of carbonyl (C=O) groups is 1. The van der Waals surface area contributed by atoms with Gasteiger partial charge in [-0.15, -0.1) is 0 Å². The predicted molar refractivity (Wildman–Crippen MR) is 60.9 cm³/mol.